The van der Waals surface area contributed by atoms with Gasteiger partial charge in [-0.25, -0.2) is 0 Å². The fourth-order valence-corrected chi connectivity index (χ4v) is 2.81. The number of hydrogen-bond acceptors (Lipinski definition) is 3. The first-order chi connectivity index (χ1) is 9.69. The first-order valence-electron chi connectivity index (χ1n) is 7.35. The zero-order valence-electron chi connectivity index (χ0n) is 11.8. The fraction of sp³-hybridized carbons (Fsp3) is 0.562. The van der Waals surface area contributed by atoms with Crippen LogP contribution in [0.15, 0.2) is 18.2 Å². The van der Waals surface area contributed by atoms with Gasteiger partial charge in [-0.05, 0) is 67.8 Å². The van der Waals surface area contributed by atoms with Gasteiger partial charge in [-0.15, -0.1) is 0 Å². The monoisotopic (exact) mass is 277 g/mol. The number of rotatable bonds is 6. The van der Waals surface area contributed by atoms with E-state index < -0.39 is 5.97 Å². The number of aliphatic carboxylic acids is 1. The molecule has 3 N–H and O–H groups in total. The van der Waals surface area contributed by atoms with Crippen LogP contribution in [0.3, 0.4) is 0 Å². The van der Waals surface area contributed by atoms with Crippen LogP contribution in [-0.4, -0.2) is 24.2 Å². The van der Waals surface area contributed by atoms with E-state index in [1.54, 1.807) is 0 Å². The normalized spacial score (nSPS) is 18.1. The van der Waals surface area contributed by atoms with E-state index in [-0.39, 0.29) is 12.3 Å². The number of hydrogen-bond donors (Lipinski definition) is 2. The summed E-state index contributed by atoms with van der Waals surface area (Å²) in [6, 6.07) is 6.18. The molecule has 1 unspecified atom stereocenters. The molecular weight excluding hydrogens is 254 g/mol. The second-order valence-corrected chi connectivity index (χ2v) is 5.48. The number of carboxylic acids is 1. The van der Waals surface area contributed by atoms with Gasteiger partial charge in [0.25, 0.3) is 0 Å². The quantitative estimate of drug-likeness (QED) is 0.618. The summed E-state index contributed by atoms with van der Waals surface area (Å²) in [5.41, 5.74) is 8.04. The van der Waals surface area contributed by atoms with Gasteiger partial charge in [0.1, 0.15) is 5.75 Å². The number of carboxylic acid groups (broad SMARTS) is 1. The van der Waals surface area contributed by atoms with E-state index in [0.29, 0.717) is 13.2 Å². The van der Waals surface area contributed by atoms with Crippen molar-refractivity contribution in [2.45, 2.75) is 38.5 Å². The Labute approximate surface area is 119 Å². The van der Waals surface area contributed by atoms with Gasteiger partial charge in [-0.2, -0.15) is 0 Å². The molecule has 1 atom stereocenters. The number of aryl methyl sites for hydroxylation is 1. The summed E-state index contributed by atoms with van der Waals surface area (Å²) in [4.78, 5) is 10.9. The summed E-state index contributed by atoms with van der Waals surface area (Å²) < 4.78 is 5.67. The minimum atomic E-state index is -0.694. The molecule has 0 heterocycles. The summed E-state index contributed by atoms with van der Waals surface area (Å²) in [7, 11) is 0. The summed E-state index contributed by atoms with van der Waals surface area (Å²) in [5.74, 6) is 0.465. The second-order valence-electron chi connectivity index (χ2n) is 5.48. The van der Waals surface area contributed by atoms with Crippen molar-refractivity contribution in [2.75, 3.05) is 13.2 Å². The lowest BCUT2D eigenvalue weighted by Gasteiger charge is -2.13. The van der Waals surface area contributed by atoms with Crippen molar-refractivity contribution < 1.29 is 14.6 Å². The predicted molar refractivity (Wildman–Crippen MR) is 78.0 cm³/mol. The molecule has 1 aromatic rings. The van der Waals surface area contributed by atoms with Gasteiger partial charge in [-0.1, -0.05) is 6.07 Å². The van der Waals surface area contributed by atoms with Gasteiger partial charge < -0.3 is 15.6 Å². The molecule has 2 rings (SSSR count). The van der Waals surface area contributed by atoms with Crippen LogP contribution in [0.1, 0.15) is 36.8 Å². The van der Waals surface area contributed by atoms with Crippen LogP contribution >= 0.6 is 0 Å². The highest BCUT2D eigenvalue weighted by atomic mass is 16.5. The fourth-order valence-electron chi connectivity index (χ4n) is 2.81. The zero-order chi connectivity index (χ0) is 14.4. The number of benzene rings is 1. The van der Waals surface area contributed by atoms with E-state index in [4.69, 9.17) is 15.6 Å². The average molecular weight is 277 g/mol. The molecule has 110 valence electrons. The van der Waals surface area contributed by atoms with Gasteiger partial charge in [0.2, 0.25) is 0 Å². The van der Waals surface area contributed by atoms with Crippen molar-refractivity contribution in [2.24, 2.45) is 11.7 Å². The first kappa shape index (κ1) is 14.9. The third-order valence-corrected chi connectivity index (χ3v) is 3.83. The molecule has 0 radical (unpaired) electrons. The molecule has 1 aliphatic rings. The lowest BCUT2D eigenvalue weighted by molar-refractivity contribution is -0.138. The van der Waals surface area contributed by atoms with Gasteiger partial charge in [0, 0.05) is 6.42 Å². The number of carbonyl (C=O) groups is 1. The Kier molecular flexibility index (Phi) is 5.41. The summed E-state index contributed by atoms with van der Waals surface area (Å²) in [6.45, 7) is 1.29. The van der Waals surface area contributed by atoms with Crippen LogP contribution in [-0.2, 0) is 17.6 Å². The maximum atomic E-state index is 10.9. The Morgan fingerprint density at radius 2 is 2.25 bits per heavy atom. The molecule has 0 spiro atoms. The molecule has 0 amide bonds. The van der Waals surface area contributed by atoms with Crippen LogP contribution in [0.25, 0.3) is 0 Å². The van der Waals surface area contributed by atoms with Gasteiger partial charge in [0.05, 0.1) is 6.61 Å². The second kappa shape index (κ2) is 7.29. The van der Waals surface area contributed by atoms with Crippen molar-refractivity contribution in [1.29, 1.82) is 0 Å². The van der Waals surface area contributed by atoms with Crippen molar-refractivity contribution in [1.82, 2.24) is 0 Å². The van der Waals surface area contributed by atoms with Crippen LogP contribution < -0.4 is 10.5 Å². The van der Waals surface area contributed by atoms with Crippen LogP contribution in [0.4, 0.5) is 0 Å². The Balaban J connectivity index is 2.03. The molecule has 20 heavy (non-hydrogen) atoms. The molecule has 0 saturated carbocycles. The molecule has 0 fully saturated rings. The van der Waals surface area contributed by atoms with E-state index in [0.717, 1.165) is 37.9 Å². The first-order valence-corrected chi connectivity index (χ1v) is 7.35. The lowest BCUT2D eigenvalue weighted by atomic mass is 9.94. The highest BCUT2D eigenvalue weighted by molar-refractivity contribution is 5.67. The Morgan fingerprint density at radius 3 is 3.00 bits per heavy atom. The van der Waals surface area contributed by atoms with Gasteiger partial charge >= 0.3 is 5.97 Å². The molecular formula is C16H23NO3. The van der Waals surface area contributed by atoms with Crippen LogP contribution in [0, 0.1) is 5.92 Å². The summed E-state index contributed by atoms with van der Waals surface area (Å²) in [5, 5.41) is 8.94. The third-order valence-electron chi connectivity index (χ3n) is 3.83. The van der Waals surface area contributed by atoms with E-state index in [1.165, 1.54) is 11.1 Å². The minimum absolute atomic E-state index is 0.262. The standard InChI is InChI=1S/C16H23NO3/c17-7-2-8-20-15-6-5-14-9-12(10-16(18)19)3-1-4-13(14)11-15/h5-6,11-12H,1-4,7-10,17H2,(H,18,19). The van der Waals surface area contributed by atoms with Crippen LogP contribution in [0.5, 0.6) is 5.75 Å². The summed E-state index contributed by atoms with van der Waals surface area (Å²) in [6.07, 6.45) is 5.05. The molecule has 0 aromatic heterocycles. The third kappa shape index (κ3) is 4.23. The highest BCUT2D eigenvalue weighted by Gasteiger charge is 2.19. The minimum Gasteiger partial charge on any atom is -0.494 e. The van der Waals surface area contributed by atoms with Crippen molar-refractivity contribution >= 4 is 5.97 Å². The average Bonchev–Trinajstić information content (AvgIpc) is 2.59. The number of ether oxygens (including phenoxy) is 1. The molecule has 0 bridgehead atoms. The lowest BCUT2D eigenvalue weighted by Crippen LogP contribution is -2.10. The predicted octanol–water partition coefficient (Wildman–Crippen LogP) is 2.38. The maximum Gasteiger partial charge on any atom is 0.303 e. The van der Waals surface area contributed by atoms with Crippen molar-refractivity contribution in [3.05, 3.63) is 29.3 Å². The summed E-state index contributed by atoms with van der Waals surface area (Å²) >= 11 is 0. The highest BCUT2D eigenvalue weighted by Crippen LogP contribution is 2.29. The Hall–Kier alpha value is -1.55. The zero-order valence-corrected chi connectivity index (χ0v) is 11.8. The molecule has 1 aliphatic carbocycles. The smallest absolute Gasteiger partial charge is 0.303 e. The van der Waals surface area contributed by atoms with E-state index in [1.807, 2.05) is 6.07 Å². The number of fused-ring (bicyclic) bond motifs is 1. The maximum absolute atomic E-state index is 10.9. The number of nitrogens with two attached hydrogens (primary N) is 1. The molecule has 0 saturated heterocycles. The van der Waals surface area contributed by atoms with Crippen LogP contribution in [0.2, 0.25) is 0 Å². The topological polar surface area (TPSA) is 72.5 Å². The molecule has 4 heteroatoms. The SMILES string of the molecule is NCCCOc1ccc2c(c1)CCCC(CC(=O)O)C2. The van der Waals surface area contributed by atoms with Gasteiger partial charge in [0.15, 0.2) is 0 Å². The van der Waals surface area contributed by atoms with Gasteiger partial charge in [-0.3, -0.25) is 4.79 Å². The molecule has 0 aliphatic heterocycles. The van der Waals surface area contributed by atoms with E-state index >= 15 is 0 Å². The van der Waals surface area contributed by atoms with Crippen molar-refractivity contribution in [3.8, 4) is 5.75 Å². The Morgan fingerprint density at radius 1 is 1.40 bits per heavy atom. The van der Waals surface area contributed by atoms with E-state index in [2.05, 4.69) is 12.1 Å². The Bertz CT molecular complexity index is 459. The molecule has 4 nitrogen and oxygen atoms in total. The largest absolute Gasteiger partial charge is 0.494 e. The van der Waals surface area contributed by atoms with Crippen molar-refractivity contribution in [3.63, 3.8) is 0 Å². The molecule has 1 aromatic carbocycles. The van der Waals surface area contributed by atoms with E-state index in [9.17, 15) is 4.79 Å².